The monoisotopic (exact) mass is 352 g/mol. The van der Waals surface area contributed by atoms with Crippen LogP contribution in [0.5, 0.6) is 0 Å². The molecule has 4 aromatic rings. The molecule has 0 aliphatic heterocycles. The van der Waals surface area contributed by atoms with E-state index in [4.69, 9.17) is 5.10 Å². The molecule has 0 saturated carbocycles. The van der Waals surface area contributed by atoms with Gasteiger partial charge in [0.25, 0.3) is 0 Å². The van der Waals surface area contributed by atoms with Gasteiger partial charge in [0.05, 0.1) is 11.4 Å². The molecular weight excluding hydrogens is 332 g/mol. The zero-order valence-electron chi connectivity index (χ0n) is 15.1. The molecule has 0 unspecified atom stereocenters. The Morgan fingerprint density at radius 3 is 2.00 bits per heavy atom. The lowest BCUT2D eigenvalue weighted by atomic mass is 9.97. The van der Waals surface area contributed by atoms with E-state index >= 15 is 0 Å². The summed E-state index contributed by atoms with van der Waals surface area (Å²) in [5.41, 5.74) is 4.46. The van der Waals surface area contributed by atoms with Gasteiger partial charge in [-0.25, -0.2) is 4.68 Å². The Labute approximate surface area is 158 Å². The summed E-state index contributed by atoms with van der Waals surface area (Å²) in [6, 6.07) is 30.8. The molecule has 0 saturated heterocycles. The molecule has 0 spiro atoms. The summed E-state index contributed by atoms with van der Waals surface area (Å²) < 4.78 is 1.86. The second-order valence-corrected chi connectivity index (χ2v) is 6.53. The smallest absolute Gasteiger partial charge is 0.191 e. The van der Waals surface area contributed by atoms with Crippen molar-refractivity contribution in [1.29, 1.82) is 0 Å². The van der Waals surface area contributed by atoms with Gasteiger partial charge in [0.1, 0.15) is 6.04 Å². The second-order valence-electron chi connectivity index (χ2n) is 6.53. The summed E-state index contributed by atoms with van der Waals surface area (Å²) in [4.78, 5) is 13.5. The lowest BCUT2D eigenvalue weighted by molar-refractivity contribution is 0.0940. The van der Waals surface area contributed by atoms with Gasteiger partial charge in [-0.1, -0.05) is 91.0 Å². The summed E-state index contributed by atoms with van der Waals surface area (Å²) in [5, 5.41) is 4.71. The fourth-order valence-electron chi connectivity index (χ4n) is 3.34. The number of rotatable bonds is 5. The first kappa shape index (κ1) is 17.0. The topological polar surface area (TPSA) is 34.9 Å². The van der Waals surface area contributed by atoms with Crippen LogP contribution >= 0.6 is 0 Å². The minimum absolute atomic E-state index is 0.0297. The maximum atomic E-state index is 13.5. The number of ketones is 1. The van der Waals surface area contributed by atoms with Gasteiger partial charge in [0.2, 0.25) is 0 Å². The van der Waals surface area contributed by atoms with Gasteiger partial charge in [0.15, 0.2) is 5.78 Å². The molecule has 3 aromatic carbocycles. The van der Waals surface area contributed by atoms with Crippen LogP contribution in [0.1, 0.15) is 27.7 Å². The number of benzene rings is 3. The normalized spacial score (nSPS) is 11.9. The number of carbonyl (C=O) groups excluding carboxylic acids is 1. The molecule has 0 amide bonds. The van der Waals surface area contributed by atoms with Crippen LogP contribution in [0.2, 0.25) is 0 Å². The first-order valence-electron chi connectivity index (χ1n) is 9.00. The number of aryl methyl sites for hydroxylation is 1. The van der Waals surface area contributed by atoms with Crippen LogP contribution in [-0.2, 0) is 0 Å². The average molecular weight is 352 g/mol. The van der Waals surface area contributed by atoms with E-state index in [0.29, 0.717) is 5.56 Å². The van der Waals surface area contributed by atoms with E-state index < -0.39 is 6.04 Å². The Balaban J connectivity index is 1.89. The van der Waals surface area contributed by atoms with Crippen LogP contribution in [0, 0.1) is 6.92 Å². The van der Waals surface area contributed by atoms with Gasteiger partial charge in [-0.05, 0) is 24.1 Å². The number of hydrogen-bond donors (Lipinski definition) is 0. The summed E-state index contributed by atoms with van der Waals surface area (Å²) in [6.45, 7) is 1.96. The zero-order chi connectivity index (χ0) is 18.6. The fraction of sp³-hybridized carbons (Fsp3) is 0.0833. The van der Waals surface area contributed by atoms with E-state index in [0.717, 1.165) is 22.5 Å². The highest BCUT2D eigenvalue weighted by Gasteiger charge is 2.27. The summed E-state index contributed by atoms with van der Waals surface area (Å²) >= 11 is 0. The molecule has 3 nitrogen and oxygen atoms in total. The Hall–Kier alpha value is -3.46. The molecule has 0 bridgehead atoms. The Kier molecular flexibility index (Phi) is 4.67. The third-order valence-corrected chi connectivity index (χ3v) is 4.59. The van der Waals surface area contributed by atoms with Gasteiger partial charge in [-0.2, -0.15) is 5.10 Å². The van der Waals surface area contributed by atoms with Crippen LogP contribution in [0.15, 0.2) is 97.1 Å². The van der Waals surface area contributed by atoms with Crippen molar-refractivity contribution in [3.63, 3.8) is 0 Å². The van der Waals surface area contributed by atoms with Crippen molar-refractivity contribution in [1.82, 2.24) is 9.78 Å². The van der Waals surface area contributed by atoms with E-state index in [1.807, 2.05) is 109 Å². The second kappa shape index (κ2) is 7.42. The van der Waals surface area contributed by atoms with Gasteiger partial charge in [-0.15, -0.1) is 0 Å². The molecule has 27 heavy (non-hydrogen) atoms. The highest BCUT2D eigenvalue weighted by molar-refractivity contribution is 6.01. The van der Waals surface area contributed by atoms with Crippen LogP contribution < -0.4 is 0 Å². The van der Waals surface area contributed by atoms with Crippen molar-refractivity contribution in [2.24, 2.45) is 0 Å². The number of nitrogens with zero attached hydrogens (tertiary/aromatic N) is 2. The zero-order valence-corrected chi connectivity index (χ0v) is 15.1. The predicted octanol–water partition coefficient (Wildman–Crippen LogP) is 5.33. The van der Waals surface area contributed by atoms with Crippen molar-refractivity contribution in [2.45, 2.75) is 13.0 Å². The highest BCUT2D eigenvalue weighted by atomic mass is 16.1. The molecule has 0 fully saturated rings. The van der Waals surface area contributed by atoms with Gasteiger partial charge < -0.3 is 0 Å². The quantitative estimate of drug-likeness (QED) is 0.455. The molecule has 0 aliphatic rings. The van der Waals surface area contributed by atoms with Crippen molar-refractivity contribution < 1.29 is 4.79 Å². The van der Waals surface area contributed by atoms with E-state index in [9.17, 15) is 4.79 Å². The van der Waals surface area contributed by atoms with Crippen LogP contribution in [-0.4, -0.2) is 15.6 Å². The van der Waals surface area contributed by atoms with Crippen molar-refractivity contribution in [2.75, 3.05) is 0 Å². The Morgan fingerprint density at radius 1 is 0.815 bits per heavy atom. The summed E-state index contributed by atoms with van der Waals surface area (Å²) in [5.74, 6) is 0.0297. The molecule has 1 heterocycles. The first-order valence-corrected chi connectivity index (χ1v) is 9.00. The van der Waals surface area contributed by atoms with Gasteiger partial charge >= 0.3 is 0 Å². The fourth-order valence-corrected chi connectivity index (χ4v) is 3.34. The first-order chi connectivity index (χ1) is 13.2. The molecule has 1 atom stereocenters. The van der Waals surface area contributed by atoms with E-state index in [2.05, 4.69) is 0 Å². The minimum Gasteiger partial charge on any atom is -0.291 e. The molecular formula is C24H20N2O. The number of aromatic nitrogens is 2. The maximum absolute atomic E-state index is 13.5. The minimum atomic E-state index is -0.516. The SMILES string of the molecule is Cc1cc(-c2ccccc2)n([C@H](C(=O)c2ccccc2)c2ccccc2)n1. The summed E-state index contributed by atoms with van der Waals surface area (Å²) in [7, 11) is 0. The molecule has 0 radical (unpaired) electrons. The van der Waals surface area contributed by atoms with Crippen LogP contribution in [0.4, 0.5) is 0 Å². The number of carbonyl (C=O) groups is 1. The van der Waals surface area contributed by atoms with Crippen molar-refractivity contribution >= 4 is 5.78 Å². The lowest BCUT2D eigenvalue weighted by Crippen LogP contribution is -2.23. The lowest BCUT2D eigenvalue weighted by Gasteiger charge is -2.20. The van der Waals surface area contributed by atoms with Gasteiger partial charge in [-0.3, -0.25) is 4.79 Å². The average Bonchev–Trinajstić information content (AvgIpc) is 3.11. The molecule has 3 heteroatoms. The Bertz CT molecular complexity index is 1040. The van der Waals surface area contributed by atoms with Crippen LogP contribution in [0.3, 0.4) is 0 Å². The molecule has 132 valence electrons. The maximum Gasteiger partial charge on any atom is 0.191 e. The molecule has 0 N–H and O–H groups in total. The predicted molar refractivity (Wildman–Crippen MR) is 108 cm³/mol. The molecule has 0 aliphatic carbocycles. The van der Waals surface area contributed by atoms with E-state index in [1.165, 1.54) is 0 Å². The largest absolute Gasteiger partial charge is 0.291 e. The number of Topliss-reactive ketones (excluding diaryl/α,β-unsaturated/α-hetero) is 1. The number of hydrogen-bond acceptors (Lipinski definition) is 2. The van der Waals surface area contributed by atoms with E-state index in [1.54, 1.807) is 0 Å². The molecule has 4 rings (SSSR count). The van der Waals surface area contributed by atoms with Crippen LogP contribution in [0.25, 0.3) is 11.3 Å². The third-order valence-electron chi connectivity index (χ3n) is 4.59. The van der Waals surface area contributed by atoms with E-state index in [-0.39, 0.29) is 5.78 Å². The third kappa shape index (κ3) is 3.44. The highest BCUT2D eigenvalue weighted by Crippen LogP contribution is 2.29. The Morgan fingerprint density at radius 2 is 1.37 bits per heavy atom. The standard InChI is InChI=1S/C24H20N2O/c1-18-17-22(19-11-5-2-6-12-19)26(25-18)23(20-13-7-3-8-14-20)24(27)21-15-9-4-10-16-21/h2-17,23H,1H3/t23-/m0/s1. The van der Waals surface area contributed by atoms with Gasteiger partial charge in [0, 0.05) is 5.56 Å². The molecule has 1 aromatic heterocycles. The summed E-state index contributed by atoms with van der Waals surface area (Å²) in [6.07, 6.45) is 0. The van der Waals surface area contributed by atoms with Crippen molar-refractivity contribution in [3.05, 3.63) is 114 Å². The van der Waals surface area contributed by atoms with Crippen molar-refractivity contribution in [3.8, 4) is 11.3 Å².